The van der Waals surface area contributed by atoms with Crippen molar-refractivity contribution in [2.45, 2.75) is 52.0 Å². The summed E-state index contributed by atoms with van der Waals surface area (Å²) in [5, 5.41) is 0. The number of allylic oxidation sites excluding steroid dienone is 2. The van der Waals surface area contributed by atoms with E-state index in [2.05, 4.69) is 27.9 Å². The molecule has 0 N–H and O–H groups in total. The molecule has 0 aromatic carbocycles. The Balaban J connectivity index is 1.64. The second-order valence-electron chi connectivity index (χ2n) is 6.44. The zero-order valence-electron chi connectivity index (χ0n) is 14.0. The molecular weight excluding hydrogens is 288 g/mol. The molecule has 2 heterocycles. The Labute approximate surface area is 138 Å². The molecule has 0 radical (unpaired) electrons. The SMILES string of the molecule is CCCN(C(=O)CN1CCc2cncnc2C1)C1=CCCCC1. The number of hydrogen-bond donors (Lipinski definition) is 0. The molecule has 1 aromatic rings. The maximum Gasteiger partial charge on any atom is 0.240 e. The second-order valence-corrected chi connectivity index (χ2v) is 6.44. The molecule has 0 spiro atoms. The maximum atomic E-state index is 12.8. The Hall–Kier alpha value is -1.75. The van der Waals surface area contributed by atoms with Gasteiger partial charge in [-0.15, -0.1) is 0 Å². The molecule has 23 heavy (non-hydrogen) atoms. The van der Waals surface area contributed by atoms with Crippen molar-refractivity contribution in [3.05, 3.63) is 35.6 Å². The second kappa shape index (κ2) is 7.68. The largest absolute Gasteiger partial charge is 0.315 e. The van der Waals surface area contributed by atoms with Crippen molar-refractivity contribution in [3.63, 3.8) is 0 Å². The molecule has 5 heteroatoms. The summed E-state index contributed by atoms with van der Waals surface area (Å²) in [6.07, 6.45) is 12.3. The lowest BCUT2D eigenvalue weighted by molar-refractivity contribution is -0.131. The van der Waals surface area contributed by atoms with Crippen LogP contribution >= 0.6 is 0 Å². The predicted octanol–water partition coefficient (Wildman–Crippen LogP) is 2.53. The van der Waals surface area contributed by atoms with Crippen LogP contribution in [0.5, 0.6) is 0 Å². The number of carbonyl (C=O) groups is 1. The highest BCUT2D eigenvalue weighted by Gasteiger charge is 2.24. The summed E-state index contributed by atoms with van der Waals surface area (Å²) in [7, 11) is 0. The van der Waals surface area contributed by atoms with Gasteiger partial charge in [-0.05, 0) is 44.1 Å². The van der Waals surface area contributed by atoms with Gasteiger partial charge in [0.15, 0.2) is 0 Å². The highest BCUT2D eigenvalue weighted by molar-refractivity contribution is 5.80. The minimum Gasteiger partial charge on any atom is -0.315 e. The number of amides is 1. The quantitative estimate of drug-likeness (QED) is 0.838. The summed E-state index contributed by atoms with van der Waals surface area (Å²) in [4.78, 5) is 25.5. The first kappa shape index (κ1) is 16.1. The van der Waals surface area contributed by atoms with Gasteiger partial charge >= 0.3 is 0 Å². The van der Waals surface area contributed by atoms with Gasteiger partial charge in [-0.2, -0.15) is 0 Å². The van der Waals surface area contributed by atoms with Crippen molar-refractivity contribution in [1.29, 1.82) is 0 Å². The monoisotopic (exact) mass is 314 g/mol. The van der Waals surface area contributed by atoms with Crippen molar-refractivity contribution in [2.75, 3.05) is 19.6 Å². The molecule has 0 saturated heterocycles. The number of fused-ring (bicyclic) bond motifs is 1. The third-order valence-electron chi connectivity index (χ3n) is 4.67. The molecule has 1 amide bonds. The van der Waals surface area contributed by atoms with Gasteiger partial charge in [0.2, 0.25) is 5.91 Å². The van der Waals surface area contributed by atoms with Crippen LogP contribution in [0.15, 0.2) is 24.3 Å². The van der Waals surface area contributed by atoms with Crippen LogP contribution in [0.2, 0.25) is 0 Å². The molecule has 0 bridgehead atoms. The summed E-state index contributed by atoms with van der Waals surface area (Å²) in [5.41, 5.74) is 3.53. The molecular formula is C18H26N4O. The Morgan fingerprint density at radius 2 is 2.26 bits per heavy atom. The highest BCUT2D eigenvalue weighted by atomic mass is 16.2. The topological polar surface area (TPSA) is 49.3 Å². The molecule has 2 aliphatic rings. The van der Waals surface area contributed by atoms with E-state index in [0.717, 1.165) is 51.0 Å². The van der Waals surface area contributed by atoms with Gasteiger partial charge in [0.05, 0.1) is 12.2 Å². The molecule has 0 atom stereocenters. The fourth-order valence-electron chi connectivity index (χ4n) is 3.43. The van der Waals surface area contributed by atoms with Gasteiger partial charge in [0.25, 0.3) is 0 Å². The molecule has 1 aromatic heterocycles. The van der Waals surface area contributed by atoms with Gasteiger partial charge in [-0.1, -0.05) is 13.0 Å². The molecule has 1 aliphatic heterocycles. The third-order valence-corrected chi connectivity index (χ3v) is 4.67. The van der Waals surface area contributed by atoms with Crippen LogP contribution < -0.4 is 0 Å². The van der Waals surface area contributed by atoms with Gasteiger partial charge in [-0.25, -0.2) is 9.97 Å². The summed E-state index contributed by atoms with van der Waals surface area (Å²) in [5.74, 6) is 0.234. The Kier molecular flexibility index (Phi) is 5.39. The lowest BCUT2D eigenvalue weighted by Gasteiger charge is -2.32. The lowest BCUT2D eigenvalue weighted by Crippen LogP contribution is -2.42. The fraction of sp³-hybridized carbons (Fsp3) is 0.611. The standard InChI is InChI=1S/C18H26N4O/c1-2-9-22(16-6-4-3-5-7-16)18(23)13-21-10-8-15-11-19-14-20-17(15)12-21/h6,11,14H,2-5,7-10,12-13H2,1H3. The minimum atomic E-state index is 0.234. The van der Waals surface area contributed by atoms with E-state index in [1.165, 1.54) is 24.1 Å². The number of carbonyl (C=O) groups excluding carboxylic acids is 1. The first-order chi connectivity index (χ1) is 11.3. The van der Waals surface area contributed by atoms with Gasteiger partial charge < -0.3 is 4.90 Å². The van der Waals surface area contributed by atoms with Crippen LogP contribution in [0.4, 0.5) is 0 Å². The summed E-state index contributed by atoms with van der Waals surface area (Å²) in [6.45, 7) is 5.11. The van der Waals surface area contributed by atoms with Crippen LogP contribution in [0.3, 0.4) is 0 Å². The zero-order valence-corrected chi connectivity index (χ0v) is 14.0. The van der Waals surface area contributed by atoms with E-state index in [1.54, 1.807) is 6.33 Å². The third kappa shape index (κ3) is 3.96. The van der Waals surface area contributed by atoms with E-state index in [9.17, 15) is 4.79 Å². The first-order valence-electron chi connectivity index (χ1n) is 8.77. The van der Waals surface area contributed by atoms with Crippen LogP contribution in [-0.4, -0.2) is 45.3 Å². The molecule has 3 rings (SSSR count). The zero-order chi connectivity index (χ0) is 16.1. The van der Waals surface area contributed by atoms with Crippen molar-refractivity contribution in [3.8, 4) is 0 Å². The van der Waals surface area contributed by atoms with Crippen LogP contribution in [0.1, 0.15) is 50.3 Å². The van der Waals surface area contributed by atoms with E-state index in [1.807, 2.05) is 11.1 Å². The predicted molar refractivity (Wildman–Crippen MR) is 89.6 cm³/mol. The van der Waals surface area contributed by atoms with Crippen molar-refractivity contribution in [2.24, 2.45) is 0 Å². The maximum absolute atomic E-state index is 12.8. The molecule has 0 saturated carbocycles. The number of rotatable bonds is 5. The number of nitrogens with zero attached hydrogens (tertiary/aromatic N) is 4. The van der Waals surface area contributed by atoms with Gasteiger partial charge in [0.1, 0.15) is 6.33 Å². The van der Waals surface area contributed by atoms with Gasteiger partial charge in [0, 0.05) is 31.5 Å². The van der Waals surface area contributed by atoms with Gasteiger partial charge in [-0.3, -0.25) is 9.69 Å². The molecule has 124 valence electrons. The van der Waals surface area contributed by atoms with Crippen molar-refractivity contribution < 1.29 is 4.79 Å². The average Bonchev–Trinajstić information content (AvgIpc) is 2.60. The van der Waals surface area contributed by atoms with E-state index < -0.39 is 0 Å². The normalized spacial score (nSPS) is 18.2. The van der Waals surface area contributed by atoms with Crippen molar-refractivity contribution >= 4 is 5.91 Å². The van der Waals surface area contributed by atoms with Crippen LogP contribution in [0.25, 0.3) is 0 Å². The fourth-order valence-corrected chi connectivity index (χ4v) is 3.43. The Morgan fingerprint density at radius 1 is 1.35 bits per heavy atom. The molecule has 0 fully saturated rings. The van der Waals surface area contributed by atoms with Crippen LogP contribution in [0, 0.1) is 0 Å². The average molecular weight is 314 g/mol. The van der Waals surface area contributed by atoms with E-state index in [-0.39, 0.29) is 5.91 Å². The van der Waals surface area contributed by atoms with E-state index >= 15 is 0 Å². The Morgan fingerprint density at radius 3 is 3.04 bits per heavy atom. The molecule has 0 unspecified atom stereocenters. The van der Waals surface area contributed by atoms with E-state index in [4.69, 9.17) is 0 Å². The molecule has 5 nitrogen and oxygen atoms in total. The van der Waals surface area contributed by atoms with Crippen LogP contribution in [-0.2, 0) is 17.8 Å². The summed E-state index contributed by atoms with van der Waals surface area (Å²) in [6, 6.07) is 0. The summed E-state index contributed by atoms with van der Waals surface area (Å²) >= 11 is 0. The Bertz CT molecular complexity index is 584. The lowest BCUT2D eigenvalue weighted by atomic mass is 10.0. The summed E-state index contributed by atoms with van der Waals surface area (Å²) < 4.78 is 0. The first-order valence-corrected chi connectivity index (χ1v) is 8.77. The minimum absolute atomic E-state index is 0.234. The number of aromatic nitrogens is 2. The highest BCUT2D eigenvalue weighted by Crippen LogP contribution is 2.22. The van der Waals surface area contributed by atoms with Crippen molar-refractivity contribution in [1.82, 2.24) is 19.8 Å². The smallest absolute Gasteiger partial charge is 0.240 e. The van der Waals surface area contributed by atoms with E-state index in [0.29, 0.717) is 6.54 Å². The molecule has 1 aliphatic carbocycles. The number of hydrogen-bond acceptors (Lipinski definition) is 4.